The minimum atomic E-state index is 0.485. The van der Waals surface area contributed by atoms with Crippen molar-refractivity contribution in [1.29, 1.82) is 0 Å². The zero-order chi connectivity index (χ0) is 17.8. The van der Waals surface area contributed by atoms with Gasteiger partial charge in [0.05, 0.1) is 13.1 Å². The summed E-state index contributed by atoms with van der Waals surface area (Å²) < 4.78 is 9.83. The highest BCUT2D eigenvalue weighted by Gasteiger charge is 2.20. The highest BCUT2D eigenvalue weighted by Crippen LogP contribution is 2.33. The molecule has 0 aliphatic rings. The van der Waals surface area contributed by atoms with Crippen LogP contribution >= 0.6 is 23.2 Å². The van der Waals surface area contributed by atoms with Gasteiger partial charge < -0.3 is 10.5 Å². The zero-order valence-electron chi connectivity index (χ0n) is 13.8. The molecule has 0 aliphatic carbocycles. The summed E-state index contributed by atoms with van der Waals surface area (Å²) in [6.45, 7) is 3.65. The number of halogens is 2. The van der Waals surface area contributed by atoms with Crippen molar-refractivity contribution >= 4 is 23.2 Å². The molecular weight excluding hydrogens is 361 g/mol. The number of rotatable bonds is 7. The van der Waals surface area contributed by atoms with Crippen molar-refractivity contribution < 1.29 is 4.74 Å². The molecule has 0 radical (unpaired) electrons. The number of hydrogen-bond acceptors (Lipinski definition) is 4. The second-order valence-corrected chi connectivity index (χ2v) is 6.37. The highest BCUT2D eigenvalue weighted by atomic mass is 35.5. The summed E-state index contributed by atoms with van der Waals surface area (Å²) in [6.07, 6.45) is 4.36. The molecule has 6 nitrogen and oxygen atoms in total. The number of nitrogens with two attached hydrogens (primary N) is 1. The van der Waals surface area contributed by atoms with E-state index >= 15 is 0 Å². The van der Waals surface area contributed by atoms with E-state index in [2.05, 4.69) is 10.2 Å². The minimum Gasteiger partial charge on any atom is -0.453 e. The van der Waals surface area contributed by atoms with Crippen LogP contribution in [0.4, 0.5) is 0 Å². The van der Waals surface area contributed by atoms with E-state index in [4.69, 9.17) is 33.7 Å². The van der Waals surface area contributed by atoms with Crippen molar-refractivity contribution in [1.82, 2.24) is 19.6 Å². The molecular formula is C17H19Cl2N5O. The van der Waals surface area contributed by atoms with E-state index in [-0.39, 0.29) is 0 Å². The third-order valence-electron chi connectivity index (χ3n) is 3.68. The standard InChI is InChI=1S/C17H19Cl2N5O/c1-2-15-17(25-14-9-12(18)8-13(19)10-14)16(24(22-15)7-4-20)11-23-6-3-5-21-23/h3,5-6,8-10H,2,4,7,11,20H2,1H3. The lowest BCUT2D eigenvalue weighted by atomic mass is 10.2. The van der Waals surface area contributed by atoms with E-state index < -0.39 is 0 Å². The van der Waals surface area contributed by atoms with Crippen LogP contribution < -0.4 is 10.5 Å². The number of benzene rings is 1. The summed E-state index contributed by atoms with van der Waals surface area (Å²) in [5, 5.41) is 9.95. The molecule has 1 aromatic carbocycles. The van der Waals surface area contributed by atoms with Crippen LogP contribution in [-0.2, 0) is 19.5 Å². The van der Waals surface area contributed by atoms with Crippen molar-refractivity contribution in [3.05, 3.63) is 58.1 Å². The van der Waals surface area contributed by atoms with Gasteiger partial charge in [-0.1, -0.05) is 30.1 Å². The van der Waals surface area contributed by atoms with Crippen LogP contribution in [0.1, 0.15) is 18.3 Å². The normalized spacial score (nSPS) is 11.0. The number of aryl methyl sites for hydroxylation is 1. The van der Waals surface area contributed by atoms with Crippen molar-refractivity contribution in [2.45, 2.75) is 26.4 Å². The van der Waals surface area contributed by atoms with Crippen molar-refractivity contribution in [3.8, 4) is 11.5 Å². The summed E-state index contributed by atoms with van der Waals surface area (Å²) in [5.41, 5.74) is 7.50. The molecule has 8 heteroatoms. The van der Waals surface area contributed by atoms with Crippen LogP contribution in [0.2, 0.25) is 10.0 Å². The fourth-order valence-corrected chi connectivity index (χ4v) is 3.10. The molecule has 25 heavy (non-hydrogen) atoms. The second kappa shape index (κ2) is 7.91. The summed E-state index contributed by atoms with van der Waals surface area (Å²) in [4.78, 5) is 0. The predicted molar refractivity (Wildman–Crippen MR) is 98.5 cm³/mol. The number of nitrogens with zero attached hydrogens (tertiary/aromatic N) is 4. The SMILES string of the molecule is CCc1nn(CCN)c(Cn2cccn2)c1Oc1cc(Cl)cc(Cl)c1. The Morgan fingerprint density at radius 1 is 1.20 bits per heavy atom. The molecule has 132 valence electrons. The van der Waals surface area contributed by atoms with E-state index in [1.54, 1.807) is 24.4 Å². The maximum Gasteiger partial charge on any atom is 0.173 e. The van der Waals surface area contributed by atoms with Crippen molar-refractivity contribution in [3.63, 3.8) is 0 Å². The first-order valence-electron chi connectivity index (χ1n) is 8.00. The molecule has 0 aliphatic heterocycles. The van der Waals surface area contributed by atoms with Gasteiger partial charge in [0.2, 0.25) is 0 Å². The lowest BCUT2D eigenvalue weighted by molar-refractivity contribution is 0.460. The molecule has 2 heterocycles. The topological polar surface area (TPSA) is 70.9 Å². The molecule has 0 bridgehead atoms. The molecule has 3 aromatic rings. The third kappa shape index (κ3) is 4.15. The van der Waals surface area contributed by atoms with Gasteiger partial charge >= 0.3 is 0 Å². The summed E-state index contributed by atoms with van der Waals surface area (Å²) in [5.74, 6) is 1.27. The average Bonchev–Trinajstić information content (AvgIpc) is 3.17. The Hall–Kier alpha value is -2.02. The van der Waals surface area contributed by atoms with Crippen LogP contribution in [0.5, 0.6) is 11.5 Å². The lowest BCUT2D eigenvalue weighted by Crippen LogP contribution is -2.16. The van der Waals surface area contributed by atoms with Gasteiger partial charge in [-0.3, -0.25) is 9.36 Å². The van der Waals surface area contributed by atoms with E-state index in [1.807, 2.05) is 28.6 Å². The van der Waals surface area contributed by atoms with Gasteiger partial charge in [-0.25, -0.2) is 0 Å². The molecule has 0 saturated heterocycles. The quantitative estimate of drug-likeness (QED) is 0.678. The zero-order valence-corrected chi connectivity index (χ0v) is 15.3. The Kier molecular flexibility index (Phi) is 5.63. The van der Waals surface area contributed by atoms with Gasteiger partial charge in [0, 0.05) is 29.0 Å². The molecule has 0 atom stereocenters. The van der Waals surface area contributed by atoms with E-state index in [1.165, 1.54) is 0 Å². The largest absolute Gasteiger partial charge is 0.453 e. The highest BCUT2D eigenvalue weighted by molar-refractivity contribution is 6.34. The summed E-state index contributed by atoms with van der Waals surface area (Å²) >= 11 is 12.2. The first-order valence-corrected chi connectivity index (χ1v) is 8.76. The number of aromatic nitrogens is 4. The van der Waals surface area contributed by atoms with E-state index in [0.29, 0.717) is 41.2 Å². The molecule has 2 aromatic heterocycles. The van der Waals surface area contributed by atoms with Crippen LogP contribution in [-0.4, -0.2) is 26.1 Å². The van der Waals surface area contributed by atoms with Crippen molar-refractivity contribution in [2.75, 3.05) is 6.54 Å². The second-order valence-electron chi connectivity index (χ2n) is 5.50. The Bertz CT molecular complexity index is 825. The van der Waals surface area contributed by atoms with Gasteiger partial charge in [0.1, 0.15) is 17.1 Å². The smallest absolute Gasteiger partial charge is 0.173 e. The maximum atomic E-state index is 6.13. The average molecular weight is 380 g/mol. The first kappa shape index (κ1) is 17.8. The Labute approximate surface area is 156 Å². The van der Waals surface area contributed by atoms with E-state index in [0.717, 1.165) is 17.8 Å². The van der Waals surface area contributed by atoms with Crippen molar-refractivity contribution in [2.24, 2.45) is 5.73 Å². The predicted octanol–water partition coefficient (Wildman–Crippen LogP) is 3.75. The number of hydrogen-bond donors (Lipinski definition) is 1. The maximum absolute atomic E-state index is 6.13. The summed E-state index contributed by atoms with van der Waals surface area (Å²) in [6, 6.07) is 7.00. The molecule has 0 amide bonds. The van der Waals surface area contributed by atoms with Crippen LogP contribution in [0.25, 0.3) is 0 Å². The van der Waals surface area contributed by atoms with Gasteiger partial charge in [-0.05, 0) is 30.7 Å². The molecule has 0 spiro atoms. The van der Waals surface area contributed by atoms with Crippen LogP contribution in [0.3, 0.4) is 0 Å². The Balaban J connectivity index is 2.02. The monoisotopic (exact) mass is 379 g/mol. The molecule has 0 unspecified atom stereocenters. The number of ether oxygens (including phenoxy) is 1. The molecule has 0 saturated carbocycles. The fraction of sp³-hybridized carbons (Fsp3) is 0.294. The van der Waals surface area contributed by atoms with E-state index in [9.17, 15) is 0 Å². The molecule has 2 N–H and O–H groups in total. The fourth-order valence-electron chi connectivity index (χ4n) is 2.60. The minimum absolute atomic E-state index is 0.485. The third-order valence-corrected chi connectivity index (χ3v) is 4.12. The lowest BCUT2D eigenvalue weighted by Gasteiger charge is -2.11. The van der Waals surface area contributed by atoms with Gasteiger partial charge in [-0.2, -0.15) is 10.2 Å². The van der Waals surface area contributed by atoms with Crippen LogP contribution in [0, 0.1) is 0 Å². The molecule has 0 fully saturated rings. The van der Waals surface area contributed by atoms with Gasteiger partial charge in [0.25, 0.3) is 0 Å². The van der Waals surface area contributed by atoms with Gasteiger partial charge in [0.15, 0.2) is 5.75 Å². The Morgan fingerprint density at radius 2 is 1.96 bits per heavy atom. The Morgan fingerprint density at radius 3 is 2.56 bits per heavy atom. The van der Waals surface area contributed by atoms with Crippen LogP contribution in [0.15, 0.2) is 36.7 Å². The first-order chi connectivity index (χ1) is 12.1. The molecule has 3 rings (SSSR count). The summed E-state index contributed by atoms with van der Waals surface area (Å²) in [7, 11) is 0. The van der Waals surface area contributed by atoms with Gasteiger partial charge in [-0.15, -0.1) is 0 Å².